The number of aliphatic hydroxyl groups is 1. The van der Waals surface area contributed by atoms with Crippen LogP contribution >= 0.6 is 0 Å². The molecule has 144 valence electrons. The van der Waals surface area contributed by atoms with Gasteiger partial charge in [-0.3, -0.25) is 9.59 Å². The van der Waals surface area contributed by atoms with Gasteiger partial charge in [0.2, 0.25) is 11.8 Å². The zero-order chi connectivity index (χ0) is 19.6. The molecule has 2 aromatic carbocycles. The van der Waals surface area contributed by atoms with E-state index in [9.17, 15) is 9.59 Å². The summed E-state index contributed by atoms with van der Waals surface area (Å²) in [7, 11) is 3.63. The van der Waals surface area contributed by atoms with Crippen molar-refractivity contribution in [2.45, 2.75) is 12.8 Å². The molecule has 2 rings (SSSR count). The molecule has 0 radical (unpaired) electrons. The monoisotopic (exact) mass is 369 g/mol. The first-order valence-corrected chi connectivity index (χ1v) is 9.00. The predicted molar refractivity (Wildman–Crippen MR) is 108 cm³/mol. The fourth-order valence-electron chi connectivity index (χ4n) is 2.78. The first-order chi connectivity index (χ1) is 13.0. The summed E-state index contributed by atoms with van der Waals surface area (Å²) in [4.78, 5) is 27.9. The number of para-hydroxylation sites is 2. The zero-order valence-corrected chi connectivity index (χ0v) is 15.9. The molecular formula is C21H27N3O3. The van der Waals surface area contributed by atoms with Crippen LogP contribution in [0.15, 0.2) is 54.6 Å². The van der Waals surface area contributed by atoms with Gasteiger partial charge in [0.15, 0.2) is 0 Å². The molecule has 27 heavy (non-hydrogen) atoms. The average Bonchev–Trinajstić information content (AvgIpc) is 2.67. The highest BCUT2D eigenvalue weighted by Gasteiger charge is 2.15. The van der Waals surface area contributed by atoms with Crippen LogP contribution in [0.2, 0.25) is 0 Å². The van der Waals surface area contributed by atoms with Crippen molar-refractivity contribution in [1.29, 1.82) is 0 Å². The number of aliphatic hydroxyl groups excluding tert-OH is 1. The van der Waals surface area contributed by atoms with Crippen LogP contribution in [0.1, 0.15) is 12.0 Å². The van der Waals surface area contributed by atoms with Crippen LogP contribution in [0.5, 0.6) is 0 Å². The molecule has 0 fully saturated rings. The topological polar surface area (TPSA) is 72.9 Å². The molecule has 0 aliphatic rings. The van der Waals surface area contributed by atoms with E-state index in [1.54, 1.807) is 24.1 Å². The Kier molecular flexibility index (Phi) is 7.82. The van der Waals surface area contributed by atoms with Gasteiger partial charge >= 0.3 is 0 Å². The van der Waals surface area contributed by atoms with Gasteiger partial charge in [-0.2, -0.15) is 0 Å². The fraction of sp³-hybridized carbons (Fsp3) is 0.333. The molecule has 2 amide bonds. The van der Waals surface area contributed by atoms with Crippen LogP contribution in [0.3, 0.4) is 0 Å². The maximum Gasteiger partial charge on any atom is 0.233 e. The van der Waals surface area contributed by atoms with E-state index >= 15 is 0 Å². The number of benzene rings is 2. The van der Waals surface area contributed by atoms with Gasteiger partial charge in [-0.05, 0) is 30.2 Å². The minimum Gasteiger partial charge on any atom is -0.395 e. The van der Waals surface area contributed by atoms with Gasteiger partial charge in [0.05, 0.1) is 6.61 Å². The normalized spacial score (nSPS) is 10.3. The zero-order valence-electron chi connectivity index (χ0n) is 15.9. The van der Waals surface area contributed by atoms with Crippen molar-refractivity contribution < 1.29 is 14.7 Å². The number of rotatable bonds is 9. The largest absolute Gasteiger partial charge is 0.395 e. The Labute approximate surface area is 160 Å². The van der Waals surface area contributed by atoms with Crippen molar-refractivity contribution in [2.24, 2.45) is 0 Å². The lowest BCUT2D eigenvalue weighted by molar-refractivity contribution is -0.133. The first-order valence-electron chi connectivity index (χ1n) is 9.00. The summed E-state index contributed by atoms with van der Waals surface area (Å²) in [6, 6.07) is 17.0. The molecule has 2 N–H and O–H groups in total. The SMILES string of the molecule is CN(CCc1ccccc1N(C)CCO)C(=O)CC(=O)Nc1ccccc1. The lowest BCUT2D eigenvalue weighted by atomic mass is 10.1. The van der Waals surface area contributed by atoms with Gasteiger partial charge in [0, 0.05) is 38.6 Å². The number of anilines is 2. The van der Waals surface area contributed by atoms with Crippen molar-refractivity contribution in [1.82, 2.24) is 4.90 Å². The van der Waals surface area contributed by atoms with Crippen LogP contribution in [-0.2, 0) is 16.0 Å². The maximum absolute atomic E-state index is 12.3. The van der Waals surface area contributed by atoms with E-state index in [-0.39, 0.29) is 24.8 Å². The molecule has 0 aromatic heterocycles. The Morgan fingerprint density at radius 2 is 1.63 bits per heavy atom. The molecular weight excluding hydrogens is 342 g/mol. The summed E-state index contributed by atoms with van der Waals surface area (Å²) < 4.78 is 0. The number of likely N-dealkylation sites (N-methyl/N-ethyl adjacent to an activating group) is 2. The van der Waals surface area contributed by atoms with Crippen molar-refractivity contribution in [3.8, 4) is 0 Å². The van der Waals surface area contributed by atoms with Crippen molar-refractivity contribution in [2.75, 3.05) is 44.0 Å². The molecule has 0 heterocycles. The molecule has 0 bridgehead atoms. The number of hydrogen-bond donors (Lipinski definition) is 2. The van der Waals surface area contributed by atoms with Gasteiger partial charge in [-0.1, -0.05) is 36.4 Å². The quantitative estimate of drug-likeness (QED) is 0.665. The van der Waals surface area contributed by atoms with Gasteiger partial charge in [0.25, 0.3) is 0 Å². The van der Waals surface area contributed by atoms with Gasteiger partial charge in [-0.25, -0.2) is 0 Å². The molecule has 0 aliphatic carbocycles. The number of nitrogens with zero attached hydrogens (tertiary/aromatic N) is 2. The summed E-state index contributed by atoms with van der Waals surface area (Å²) in [5.74, 6) is -0.536. The second-order valence-corrected chi connectivity index (χ2v) is 6.43. The Morgan fingerprint density at radius 1 is 0.963 bits per heavy atom. The Hall–Kier alpha value is -2.86. The molecule has 0 atom stereocenters. The third-order valence-electron chi connectivity index (χ3n) is 4.35. The first kappa shape index (κ1) is 20.5. The van der Waals surface area contributed by atoms with E-state index in [4.69, 9.17) is 5.11 Å². The second kappa shape index (κ2) is 10.3. The third-order valence-corrected chi connectivity index (χ3v) is 4.35. The molecule has 0 saturated heterocycles. The van der Waals surface area contributed by atoms with Crippen LogP contribution in [0.4, 0.5) is 11.4 Å². The van der Waals surface area contributed by atoms with Crippen molar-refractivity contribution in [3.63, 3.8) is 0 Å². The van der Waals surface area contributed by atoms with E-state index in [2.05, 4.69) is 5.32 Å². The molecule has 0 aliphatic heterocycles. The van der Waals surface area contributed by atoms with Crippen molar-refractivity contribution >= 4 is 23.2 Å². The standard InChI is InChI=1S/C21H27N3O3/c1-23(14-15-25)19-11-7-6-8-17(19)12-13-24(2)21(27)16-20(26)22-18-9-4-3-5-10-18/h3-11,25H,12-16H2,1-2H3,(H,22,26). The molecule has 0 unspecified atom stereocenters. The lowest BCUT2D eigenvalue weighted by Gasteiger charge is -2.23. The van der Waals surface area contributed by atoms with Gasteiger partial charge in [-0.15, -0.1) is 0 Å². The summed E-state index contributed by atoms with van der Waals surface area (Å²) in [5, 5.41) is 11.9. The van der Waals surface area contributed by atoms with Crippen LogP contribution in [0.25, 0.3) is 0 Å². The highest BCUT2D eigenvalue weighted by molar-refractivity contribution is 6.03. The Bertz CT molecular complexity index is 749. The number of carbonyl (C=O) groups excluding carboxylic acids is 2. The fourth-order valence-corrected chi connectivity index (χ4v) is 2.78. The second-order valence-electron chi connectivity index (χ2n) is 6.43. The van der Waals surface area contributed by atoms with Gasteiger partial charge < -0.3 is 20.2 Å². The van der Waals surface area contributed by atoms with Crippen LogP contribution < -0.4 is 10.2 Å². The lowest BCUT2D eigenvalue weighted by Crippen LogP contribution is -2.32. The number of carbonyl (C=O) groups is 2. The Morgan fingerprint density at radius 3 is 2.33 bits per heavy atom. The van der Waals surface area contributed by atoms with E-state index < -0.39 is 0 Å². The molecule has 6 nitrogen and oxygen atoms in total. The summed E-state index contributed by atoms with van der Waals surface area (Å²) >= 11 is 0. The highest BCUT2D eigenvalue weighted by Crippen LogP contribution is 2.19. The minimum atomic E-state index is -0.318. The number of hydrogen-bond acceptors (Lipinski definition) is 4. The Balaban J connectivity index is 1.87. The summed E-state index contributed by atoms with van der Waals surface area (Å²) in [6.07, 6.45) is 0.492. The maximum atomic E-state index is 12.3. The predicted octanol–water partition coefficient (Wildman–Crippen LogP) is 2.14. The van der Waals surface area contributed by atoms with Crippen LogP contribution in [-0.4, -0.2) is 55.6 Å². The minimum absolute atomic E-state index is 0.0831. The average molecular weight is 369 g/mol. The summed E-state index contributed by atoms with van der Waals surface area (Å²) in [6.45, 7) is 1.15. The summed E-state index contributed by atoms with van der Waals surface area (Å²) in [5.41, 5.74) is 2.81. The van der Waals surface area contributed by atoms with E-state index in [0.717, 1.165) is 11.3 Å². The molecule has 0 saturated carbocycles. The number of nitrogens with one attached hydrogen (secondary N) is 1. The molecule has 2 aromatic rings. The highest BCUT2D eigenvalue weighted by atomic mass is 16.3. The van der Waals surface area contributed by atoms with E-state index in [0.29, 0.717) is 25.2 Å². The van der Waals surface area contributed by atoms with E-state index in [1.165, 1.54) is 0 Å². The van der Waals surface area contributed by atoms with Crippen LogP contribution in [0, 0.1) is 0 Å². The molecule has 0 spiro atoms. The smallest absolute Gasteiger partial charge is 0.233 e. The third kappa shape index (κ3) is 6.42. The van der Waals surface area contributed by atoms with Crippen molar-refractivity contribution in [3.05, 3.63) is 60.2 Å². The number of amides is 2. The molecule has 6 heteroatoms. The van der Waals surface area contributed by atoms with E-state index in [1.807, 2.05) is 54.4 Å². The van der Waals surface area contributed by atoms with Gasteiger partial charge in [0.1, 0.15) is 6.42 Å².